The fraction of sp³-hybridized carbons (Fsp3) is 0.684. The van der Waals surface area contributed by atoms with Gasteiger partial charge in [0, 0.05) is 42.8 Å². The van der Waals surface area contributed by atoms with Gasteiger partial charge in [-0.25, -0.2) is 0 Å². The first-order valence-electron chi connectivity index (χ1n) is 9.34. The van der Waals surface area contributed by atoms with E-state index >= 15 is 0 Å². The second-order valence-corrected chi connectivity index (χ2v) is 8.28. The summed E-state index contributed by atoms with van der Waals surface area (Å²) in [5, 5.41) is 11.5. The van der Waals surface area contributed by atoms with Gasteiger partial charge in [0.05, 0.1) is 32.0 Å². The Morgan fingerprint density at radius 3 is 2.46 bits per heavy atom. The Kier molecular flexibility index (Phi) is 5.55. The van der Waals surface area contributed by atoms with E-state index in [2.05, 4.69) is 25.7 Å². The number of ether oxygens (including phenoxy) is 3. The van der Waals surface area contributed by atoms with E-state index in [1.165, 1.54) is 0 Å². The van der Waals surface area contributed by atoms with Crippen molar-refractivity contribution in [3.63, 3.8) is 0 Å². The predicted octanol–water partition coefficient (Wildman–Crippen LogP) is 1.59. The third-order valence-corrected chi connectivity index (χ3v) is 6.67. The SMILES string of the molecule is Cc1cc2c(cc1Br)[C@H](O)[C@@](CN1CCOCC1)(N1CCOCC1)CO2. The normalized spacial score (nSPS) is 30.7. The van der Waals surface area contributed by atoms with Crippen molar-refractivity contribution in [1.29, 1.82) is 0 Å². The topological polar surface area (TPSA) is 54.4 Å². The second-order valence-electron chi connectivity index (χ2n) is 7.42. The molecule has 3 aliphatic rings. The minimum Gasteiger partial charge on any atom is -0.491 e. The van der Waals surface area contributed by atoms with Crippen LogP contribution in [0.5, 0.6) is 5.75 Å². The Hall–Kier alpha value is -0.700. The van der Waals surface area contributed by atoms with Gasteiger partial charge in [0.25, 0.3) is 0 Å². The highest BCUT2D eigenvalue weighted by atomic mass is 79.9. The van der Waals surface area contributed by atoms with E-state index in [1.807, 2.05) is 19.1 Å². The van der Waals surface area contributed by atoms with Crippen molar-refractivity contribution in [2.24, 2.45) is 0 Å². The number of halogens is 1. The zero-order valence-electron chi connectivity index (χ0n) is 15.2. The molecule has 3 aliphatic heterocycles. The second kappa shape index (κ2) is 7.73. The summed E-state index contributed by atoms with van der Waals surface area (Å²) >= 11 is 3.61. The van der Waals surface area contributed by atoms with Crippen LogP contribution in [0, 0.1) is 6.92 Å². The van der Waals surface area contributed by atoms with Crippen LogP contribution in [0.1, 0.15) is 17.2 Å². The molecular weight excluding hydrogens is 400 g/mol. The largest absolute Gasteiger partial charge is 0.491 e. The molecule has 0 radical (unpaired) electrons. The van der Waals surface area contributed by atoms with Crippen molar-refractivity contribution in [1.82, 2.24) is 9.80 Å². The van der Waals surface area contributed by atoms with Crippen LogP contribution in [-0.2, 0) is 9.47 Å². The van der Waals surface area contributed by atoms with Crippen LogP contribution >= 0.6 is 15.9 Å². The van der Waals surface area contributed by atoms with Gasteiger partial charge in [0.2, 0.25) is 0 Å². The maximum atomic E-state index is 11.5. The van der Waals surface area contributed by atoms with Crippen molar-refractivity contribution >= 4 is 15.9 Å². The fourth-order valence-electron chi connectivity index (χ4n) is 4.23. The van der Waals surface area contributed by atoms with Crippen LogP contribution in [0.4, 0.5) is 0 Å². The van der Waals surface area contributed by atoms with Gasteiger partial charge in [-0.3, -0.25) is 9.80 Å². The third kappa shape index (κ3) is 3.41. The number of hydrogen-bond donors (Lipinski definition) is 1. The summed E-state index contributed by atoms with van der Waals surface area (Å²) in [5.41, 5.74) is 1.51. The first kappa shape index (κ1) is 18.7. The van der Waals surface area contributed by atoms with Crippen LogP contribution in [0.15, 0.2) is 16.6 Å². The van der Waals surface area contributed by atoms with Gasteiger partial charge in [-0.05, 0) is 24.6 Å². The van der Waals surface area contributed by atoms with Crippen molar-refractivity contribution < 1.29 is 19.3 Å². The van der Waals surface area contributed by atoms with Crippen molar-refractivity contribution in [3.8, 4) is 5.75 Å². The minimum atomic E-state index is -0.607. The zero-order chi connectivity index (χ0) is 18.1. The van der Waals surface area contributed by atoms with Gasteiger partial charge >= 0.3 is 0 Å². The molecule has 1 aromatic rings. The number of nitrogens with zero attached hydrogens (tertiary/aromatic N) is 2. The molecular formula is C19H27BrN2O4. The highest BCUT2D eigenvalue weighted by Crippen LogP contribution is 2.44. The zero-order valence-corrected chi connectivity index (χ0v) is 16.8. The van der Waals surface area contributed by atoms with Crippen molar-refractivity contribution in [2.45, 2.75) is 18.6 Å². The monoisotopic (exact) mass is 426 g/mol. The predicted molar refractivity (Wildman–Crippen MR) is 102 cm³/mol. The molecule has 6 nitrogen and oxygen atoms in total. The molecule has 26 heavy (non-hydrogen) atoms. The van der Waals surface area contributed by atoms with E-state index < -0.39 is 11.6 Å². The summed E-state index contributed by atoms with van der Waals surface area (Å²) in [4.78, 5) is 4.76. The molecule has 2 atom stereocenters. The molecule has 0 aromatic heterocycles. The van der Waals surface area contributed by atoms with Crippen molar-refractivity contribution in [2.75, 3.05) is 65.8 Å². The van der Waals surface area contributed by atoms with Gasteiger partial charge < -0.3 is 19.3 Å². The van der Waals surface area contributed by atoms with E-state index in [1.54, 1.807) is 0 Å². The molecule has 0 unspecified atom stereocenters. The smallest absolute Gasteiger partial charge is 0.125 e. The number of morpholine rings is 2. The molecule has 0 bridgehead atoms. The van der Waals surface area contributed by atoms with Crippen LogP contribution in [0.3, 0.4) is 0 Å². The van der Waals surface area contributed by atoms with Crippen LogP contribution in [0.2, 0.25) is 0 Å². The Morgan fingerprint density at radius 1 is 1.12 bits per heavy atom. The van der Waals surface area contributed by atoms with E-state index in [4.69, 9.17) is 14.2 Å². The molecule has 0 spiro atoms. The molecule has 1 N–H and O–H groups in total. The Balaban J connectivity index is 1.68. The van der Waals surface area contributed by atoms with E-state index in [-0.39, 0.29) is 0 Å². The summed E-state index contributed by atoms with van der Waals surface area (Å²) in [5.74, 6) is 0.795. The van der Waals surface area contributed by atoms with Crippen LogP contribution in [-0.4, -0.2) is 86.2 Å². The van der Waals surface area contributed by atoms with Gasteiger partial charge in [-0.15, -0.1) is 0 Å². The molecule has 3 heterocycles. The quantitative estimate of drug-likeness (QED) is 0.791. The lowest BCUT2D eigenvalue weighted by Crippen LogP contribution is -2.66. The first-order valence-corrected chi connectivity index (χ1v) is 10.1. The van der Waals surface area contributed by atoms with Crippen molar-refractivity contribution in [3.05, 3.63) is 27.7 Å². The fourth-order valence-corrected chi connectivity index (χ4v) is 4.59. The van der Waals surface area contributed by atoms with E-state index in [0.717, 1.165) is 67.3 Å². The number of rotatable bonds is 3. The molecule has 2 saturated heterocycles. The number of aryl methyl sites for hydroxylation is 1. The average molecular weight is 427 g/mol. The molecule has 0 saturated carbocycles. The molecule has 0 aliphatic carbocycles. The summed E-state index contributed by atoms with van der Waals surface area (Å²) in [6, 6.07) is 4.03. The molecule has 7 heteroatoms. The Labute approximate surface area is 163 Å². The Morgan fingerprint density at radius 2 is 1.77 bits per heavy atom. The maximum absolute atomic E-state index is 11.5. The molecule has 2 fully saturated rings. The molecule has 144 valence electrons. The summed E-state index contributed by atoms with van der Waals surface area (Å²) in [7, 11) is 0. The lowest BCUT2D eigenvalue weighted by Gasteiger charge is -2.52. The molecule has 4 rings (SSSR count). The number of hydrogen-bond acceptors (Lipinski definition) is 6. The van der Waals surface area contributed by atoms with Crippen LogP contribution in [0.25, 0.3) is 0 Å². The summed E-state index contributed by atoms with van der Waals surface area (Å²) < 4.78 is 18.3. The lowest BCUT2D eigenvalue weighted by molar-refractivity contribution is -0.125. The van der Waals surface area contributed by atoms with Gasteiger partial charge in [-0.2, -0.15) is 0 Å². The van der Waals surface area contributed by atoms with Crippen LogP contribution < -0.4 is 4.74 Å². The number of aliphatic hydroxyl groups excluding tert-OH is 1. The highest BCUT2D eigenvalue weighted by Gasteiger charge is 2.50. The average Bonchev–Trinajstić information content (AvgIpc) is 2.67. The van der Waals surface area contributed by atoms with E-state index in [9.17, 15) is 5.11 Å². The van der Waals surface area contributed by atoms with Gasteiger partial charge in [0.15, 0.2) is 0 Å². The van der Waals surface area contributed by atoms with Gasteiger partial charge in [0.1, 0.15) is 18.5 Å². The highest BCUT2D eigenvalue weighted by molar-refractivity contribution is 9.10. The van der Waals surface area contributed by atoms with E-state index in [0.29, 0.717) is 19.8 Å². The first-order chi connectivity index (χ1) is 12.6. The lowest BCUT2D eigenvalue weighted by atomic mass is 9.82. The minimum absolute atomic E-state index is 0.469. The number of fused-ring (bicyclic) bond motifs is 1. The Bertz CT molecular complexity index is 647. The standard InChI is InChI=1S/C19H27BrN2O4/c1-14-10-17-15(11-16(14)20)18(23)19(13-26-17,22-4-8-25-9-5-22)12-21-2-6-24-7-3-21/h10-11,18,23H,2-9,12-13H2,1H3/t18-,19-/m0/s1. The molecule has 1 aromatic carbocycles. The summed E-state index contributed by atoms with van der Waals surface area (Å²) in [6.07, 6.45) is -0.607. The molecule has 0 amide bonds. The number of aliphatic hydroxyl groups is 1. The van der Waals surface area contributed by atoms with Gasteiger partial charge in [-0.1, -0.05) is 15.9 Å². The maximum Gasteiger partial charge on any atom is 0.125 e. The summed E-state index contributed by atoms with van der Waals surface area (Å²) in [6.45, 7) is 9.59. The third-order valence-electron chi connectivity index (χ3n) is 5.81. The number of benzene rings is 1.